The summed E-state index contributed by atoms with van der Waals surface area (Å²) in [5.74, 6) is 0. The molecule has 344 valence electrons. The second-order valence-corrected chi connectivity index (χ2v) is 14.7. The van der Waals surface area contributed by atoms with Crippen LogP contribution in [-0.4, -0.2) is 28.7 Å². The van der Waals surface area contributed by atoms with Gasteiger partial charge in [0.15, 0.2) is 0 Å². The Morgan fingerprint density at radius 1 is 0.466 bits per heavy atom. The number of allylic oxidation sites excluding steroid dienone is 4. The highest BCUT2D eigenvalue weighted by Gasteiger charge is 2.53. The maximum atomic E-state index is 11.1. The van der Waals surface area contributed by atoms with Crippen molar-refractivity contribution in [1.82, 2.24) is 28.7 Å². The van der Waals surface area contributed by atoms with E-state index in [0.29, 0.717) is 21.7 Å². The van der Waals surface area contributed by atoms with E-state index in [2.05, 4.69) is 136 Å². The standard InChI is InChI=1S/C17H36.C9H20.C6H9N3O3.C6H8.C3H3N3.C3H8.2C2H6.CH4/c1-9-15(7,10-2)17(13-5,14-6)16(8,11-3)12-4;1-5-9(6-2,7-3)8-4;1-7-4(10)8(2)6(12)9(3)5(7)11;1-2-4-6-5-3-1;1-4-2-6-3-5-1;1-3-2;2*1-2;/h9-14H2,1-8H3;5-8H2,1-4H3;1-3H3;1-4H,5-6H2;1-3H;3H2,1-2H3;2*1-2H3;1H4. The van der Waals surface area contributed by atoms with Crippen molar-refractivity contribution < 1.29 is 0 Å². The van der Waals surface area contributed by atoms with Crippen molar-refractivity contribution in [1.29, 1.82) is 0 Å². The summed E-state index contributed by atoms with van der Waals surface area (Å²) < 4.78 is 2.63. The first-order valence-electron chi connectivity index (χ1n) is 22.7. The van der Waals surface area contributed by atoms with Gasteiger partial charge in [0.1, 0.15) is 19.0 Å². The average molecular weight is 821 g/mol. The van der Waals surface area contributed by atoms with Crippen LogP contribution in [0, 0.1) is 21.7 Å². The fourth-order valence-corrected chi connectivity index (χ4v) is 7.71. The average Bonchev–Trinajstić information content (AvgIpc) is 3.29. The zero-order valence-electron chi connectivity index (χ0n) is 41.6. The van der Waals surface area contributed by atoms with Crippen LogP contribution in [0.25, 0.3) is 0 Å². The van der Waals surface area contributed by atoms with E-state index in [9.17, 15) is 14.4 Å². The molecule has 0 saturated heterocycles. The summed E-state index contributed by atoms with van der Waals surface area (Å²) in [7, 11) is 3.97. The molecule has 0 atom stereocenters. The molecular formula is C49H100N6O3. The minimum atomic E-state index is -0.608. The summed E-state index contributed by atoms with van der Waals surface area (Å²) in [4.78, 5) is 43.9. The number of nitrogens with zero attached hydrogens (tertiary/aromatic N) is 6. The fourth-order valence-electron chi connectivity index (χ4n) is 7.71. The summed E-state index contributed by atoms with van der Waals surface area (Å²) in [6.45, 7) is 40.9. The van der Waals surface area contributed by atoms with Gasteiger partial charge in [-0.05, 0) is 47.3 Å². The van der Waals surface area contributed by atoms with E-state index in [1.54, 1.807) is 0 Å². The highest BCUT2D eigenvalue weighted by atomic mass is 16.2. The topological polar surface area (TPSA) is 105 Å². The van der Waals surface area contributed by atoms with Crippen LogP contribution in [0.2, 0.25) is 0 Å². The van der Waals surface area contributed by atoms with Gasteiger partial charge in [-0.2, -0.15) is 0 Å². The SMILES string of the molecule is C.C1=CCCC=C1.CC.CC.CCC.CCC(C)(CC)C(CC)(CC)C(C)(CC)CC.CCC(CC)(CC)CC.Cn1c(=O)n(C)c(=O)n(C)c1=O.c1ncncn1. The Balaban J connectivity index is -0.000000145. The predicted octanol–water partition coefficient (Wildman–Crippen LogP) is 13.7. The number of hydrogen-bond acceptors (Lipinski definition) is 6. The van der Waals surface area contributed by atoms with E-state index in [1.807, 2.05) is 27.7 Å². The first-order valence-corrected chi connectivity index (χ1v) is 22.7. The molecule has 58 heavy (non-hydrogen) atoms. The first-order chi connectivity index (χ1) is 27.0. The van der Waals surface area contributed by atoms with Gasteiger partial charge in [-0.15, -0.1) is 0 Å². The summed E-state index contributed by atoms with van der Waals surface area (Å²) in [5.41, 5.74) is 0.302. The first kappa shape index (κ1) is 66.7. The maximum absolute atomic E-state index is 11.1. The highest BCUT2D eigenvalue weighted by Crippen LogP contribution is 2.61. The van der Waals surface area contributed by atoms with Gasteiger partial charge in [0.05, 0.1) is 0 Å². The molecule has 9 nitrogen and oxygen atoms in total. The van der Waals surface area contributed by atoms with E-state index < -0.39 is 17.1 Å². The van der Waals surface area contributed by atoms with Crippen molar-refractivity contribution in [3.63, 3.8) is 0 Å². The van der Waals surface area contributed by atoms with E-state index in [4.69, 9.17) is 0 Å². The van der Waals surface area contributed by atoms with E-state index in [-0.39, 0.29) is 7.43 Å². The molecule has 0 aliphatic heterocycles. The summed E-state index contributed by atoms with van der Waals surface area (Å²) in [6.07, 6.45) is 29.8. The second-order valence-electron chi connectivity index (χ2n) is 14.7. The van der Waals surface area contributed by atoms with Gasteiger partial charge < -0.3 is 0 Å². The van der Waals surface area contributed by atoms with Crippen molar-refractivity contribution in [2.24, 2.45) is 42.8 Å². The molecule has 1 aliphatic carbocycles. The maximum Gasteiger partial charge on any atom is 0.335 e. The molecule has 0 N–H and O–H groups in total. The lowest BCUT2D eigenvalue weighted by Gasteiger charge is -2.58. The summed E-state index contributed by atoms with van der Waals surface area (Å²) in [5, 5.41) is 0. The third-order valence-corrected chi connectivity index (χ3v) is 12.6. The van der Waals surface area contributed by atoms with Crippen LogP contribution in [0.3, 0.4) is 0 Å². The number of aromatic nitrogens is 6. The van der Waals surface area contributed by atoms with Crippen LogP contribution in [-0.2, 0) is 21.1 Å². The molecule has 9 heteroatoms. The van der Waals surface area contributed by atoms with Crippen molar-refractivity contribution in [2.75, 3.05) is 0 Å². The molecule has 0 spiro atoms. The lowest BCUT2D eigenvalue weighted by atomic mass is 9.46. The van der Waals surface area contributed by atoms with Gasteiger partial charge in [-0.1, -0.05) is 214 Å². The Morgan fingerprint density at radius 3 is 0.793 bits per heavy atom. The lowest BCUT2D eigenvalue weighted by molar-refractivity contribution is -0.0905. The molecule has 3 rings (SSSR count). The van der Waals surface area contributed by atoms with Gasteiger partial charge in [0.25, 0.3) is 0 Å². The predicted molar refractivity (Wildman–Crippen MR) is 259 cm³/mol. The van der Waals surface area contributed by atoms with Crippen LogP contribution < -0.4 is 17.1 Å². The third-order valence-electron chi connectivity index (χ3n) is 12.6. The normalized spacial score (nSPS) is 11.4. The quantitative estimate of drug-likeness (QED) is 0.211. The smallest absolute Gasteiger partial charge is 0.248 e. The second kappa shape index (κ2) is 39.4. The number of rotatable bonds is 12. The summed E-state index contributed by atoms with van der Waals surface area (Å²) >= 11 is 0. The Morgan fingerprint density at radius 2 is 0.690 bits per heavy atom. The van der Waals surface area contributed by atoms with Gasteiger partial charge in [0, 0.05) is 21.1 Å². The van der Waals surface area contributed by atoms with Crippen LogP contribution in [0.5, 0.6) is 0 Å². The Hall–Kier alpha value is -3.10. The molecule has 0 saturated carbocycles. The van der Waals surface area contributed by atoms with Gasteiger partial charge in [-0.25, -0.2) is 43.0 Å². The minimum absolute atomic E-state index is 0. The molecule has 0 aromatic carbocycles. The molecule has 2 aromatic rings. The molecule has 0 radical (unpaired) electrons. The fraction of sp³-hybridized carbons (Fsp3) is 0.796. The third kappa shape index (κ3) is 21.8. The molecule has 0 amide bonds. The van der Waals surface area contributed by atoms with E-state index in [0.717, 1.165) is 13.7 Å². The lowest BCUT2D eigenvalue weighted by Crippen LogP contribution is -2.51. The molecule has 0 fully saturated rings. The molecule has 0 bridgehead atoms. The molecule has 1 aliphatic rings. The van der Waals surface area contributed by atoms with Crippen LogP contribution in [0.15, 0.2) is 57.7 Å². The zero-order chi connectivity index (χ0) is 45.7. The molecule has 0 unspecified atom stereocenters. The minimum Gasteiger partial charge on any atom is -0.248 e. The largest absolute Gasteiger partial charge is 0.335 e. The van der Waals surface area contributed by atoms with Crippen molar-refractivity contribution in [3.05, 3.63) is 74.7 Å². The Labute approximate surface area is 360 Å². The van der Waals surface area contributed by atoms with Crippen LogP contribution >= 0.6 is 0 Å². The van der Waals surface area contributed by atoms with Gasteiger partial charge in [0.2, 0.25) is 0 Å². The number of hydrogen-bond donors (Lipinski definition) is 0. The van der Waals surface area contributed by atoms with Crippen LogP contribution in [0.1, 0.15) is 216 Å². The van der Waals surface area contributed by atoms with Crippen molar-refractivity contribution in [2.45, 2.75) is 216 Å². The van der Waals surface area contributed by atoms with Crippen molar-refractivity contribution >= 4 is 0 Å². The molecule has 2 heterocycles. The summed E-state index contributed by atoms with van der Waals surface area (Å²) in [6, 6.07) is 0. The van der Waals surface area contributed by atoms with E-state index >= 15 is 0 Å². The van der Waals surface area contributed by atoms with Crippen molar-refractivity contribution in [3.8, 4) is 0 Å². The van der Waals surface area contributed by atoms with E-state index in [1.165, 1.54) is 124 Å². The Bertz CT molecular complexity index is 1230. The van der Waals surface area contributed by atoms with Crippen LogP contribution in [0.4, 0.5) is 0 Å². The highest BCUT2D eigenvalue weighted by molar-refractivity contribution is 5.07. The molecular weight excluding hydrogens is 721 g/mol. The monoisotopic (exact) mass is 821 g/mol. The molecule has 2 aromatic heterocycles. The Kier molecular flexibility index (Phi) is 45.3. The van der Waals surface area contributed by atoms with Gasteiger partial charge >= 0.3 is 17.1 Å². The van der Waals surface area contributed by atoms with Gasteiger partial charge in [-0.3, -0.25) is 0 Å². The zero-order valence-corrected chi connectivity index (χ0v) is 41.6.